The fourth-order valence-corrected chi connectivity index (χ4v) is 2.30. The highest BCUT2D eigenvalue weighted by atomic mass is 16.5. The normalized spacial score (nSPS) is 10.3. The van der Waals surface area contributed by atoms with Gasteiger partial charge in [0.05, 0.1) is 6.54 Å². The van der Waals surface area contributed by atoms with Gasteiger partial charge in [0.1, 0.15) is 24.1 Å². The summed E-state index contributed by atoms with van der Waals surface area (Å²) in [5.74, 6) is 0.816. The molecule has 3 rings (SSSR count). The van der Waals surface area contributed by atoms with E-state index in [4.69, 9.17) is 4.74 Å². The van der Waals surface area contributed by atoms with Gasteiger partial charge < -0.3 is 4.74 Å². The van der Waals surface area contributed by atoms with Gasteiger partial charge in [-0.05, 0) is 36.8 Å². The van der Waals surface area contributed by atoms with Gasteiger partial charge in [0.25, 0.3) is 0 Å². The molecule has 0 spiro atoms. The molecule has 0 N–H and O–H groups in total. The first-order valence-electron chi connectivity index (χ1n) is 7.21. The maximum Gasteiger partial charge on any atom is 0.190 e. The molecule has 0 unspecified atom stereocenters. The molecule has 1 aromatic carbocycles. The first-order valence-corrected chi connectivity index (χ1v) is 7.21. The van der Waals surface area contributed by atoms with Crippen LogP contribution in [0.25, 0.3) is 11.3 Å². The largest absolute Gasteiger partial charge is 0.492 e. The van der Waals surface area contributed by atoms with Gasteiger partial charge in [-0.3, -0.25) is 4.98 Å². The van der Waals surface area contributed by atoms with E-state index < -0.39 is 0 Å². The third-order valence-corrected chi connectivity index (χ3v) is 3.36. The second kappa shape index (κ2) is 6.71. The molecule has 3 aromatic rings. The van der Waals surface area contributed by atoms with Crippen molar-refractivity contribution in [2.75, 3.05) is 6.61 Å². The first kappa shape index (κ1) is 14.7. The number of hydrogen-bond acceptors (Lipinski definition) is 5. The minimum Gasteiger partial charge on any atom is -0.492 e. The Hall–Kier alpha value is -3.20. The van der Waals surface area contributed by atoms with Crippen LogP contribution in [0.1, 0.15) is 11.3 Å². The summed E-state index contributed by atoms with van der Waals surface area (Å²) in [6, 6.07) is 13.6. The molecule has 0 saturated heterocycles. The zero-order chi connectivity index (χ0) is 16.1. The Morgan fingerprint density at radius 1 is 1.22 bits per heavy atom. The Balaban J connectivity index is 1.76. The summed E-state index contributed by atoms with van der Waals surface area (Å²) in [5.41, 5.74) is 2.99. The Labute approximate surface area is 134 Å². The smallest absolute Gasteiger partial charge is 0.190 e. The zero-order valence-corrected chi connectivity index (χ0v) is 12.7. The van der Waals surface area contributed by atoms with Gasteiger partial charge in [-0.1, -0.05) is 17.3 Å². The van der Waals surface area contributed by atoms with Crippen molar-refractivity contribution >= 4 is 0 Å². The van der Waals surface area contributed by atoms with E-state index in [1.54, 1.807) is 17.1 Å². The molecule has 0 bridgehead atoms. The molecule has 0 aliphatic carbocycles. The lowest BCUT2D eigenvalue weighted by atomic mass is 10.1. The molecule has 2 heterocycles. The van der Waals surface area contributed by atoms with E-state index in [0.29, 0.717) is 24.5 Å². The highest BCUT2D eigenvalue weighted by Gasteiger charge is 2.14. The average Bonchev–Trinajstić information content (AvgIpc) is 2.99. The fourth-order valence-electron chi connectivity index (χ4n) is 2.30. The summed E-state index contributed by atoms with van der Waals surface area (Å²) in [5, 5.41) is 17.2. The van der Waals surface area contributed by atoms with Crippen LogP contribution in [-0.4, -0.2) is 26.6 Å². The van der Waals surface area contributed by atoms with Gasteiger partial charge in [-0.15, -0.1) is 5.10 Å². The first-order chi connectivity index (χ1) is 11.3. The van der Waals surface area contributed by atoms with Crippen molar-refractivity contribution in [3.63, 3.8) is 0 Å². The summed E-state index contributed by atoms with van der Waals surface area (Å²) >= 11 is 0. The average molecular weight is 305 g/mol. The van der Waals surface area contributed by atoms with E-state index in [2.05, 4.69) is 21.4 Å². The summed E-state index contributed by atoms with van der Waals surface area (Å²) < 4.78 is 7.42. The standard InChI is InChI=1S/C17H15N5O/c1-13-3-2-4-15(11-13)23-10-9-22-17(16(12-18)20-21-22)14-5-7-19-8-6-14/h2-8,11H,9-10H2,1H3. The number of ether oxygens (including phenoxy) is 1. The monoisotopic (exact) mass is 305 g/mol. The molecule has 2 aromatic heterocycles. The van der Waals surface area contributed by atoms with E-state index in [0.717, 1.165) is 16.9 Å². The van der Waals surface area contributed by atoms with Crippen LogP contribution in [0, 0.1) is 18.3 Å². The number of aryl methyl sites for hydroxylation is 1. The van der Waals surface area contributed by atoms with Crippen LogP contribution < -0.4 is 4.74 Å². The van der Waals surface area contributed by atoms with E-state index in [9.17, 15) is 5.26 Å². The number of aromatic nitrogens is 4. The van der Waals surface area contributed by atoms with Crippen LogP contribution in [0.3, 0.4) is 0 Å². The molecular weight excluding hydrogens is 290 g/mol. The van der Waals surface area contributed by atoms with Gasteiger partial charge in [0.15, 0.2) is 5.69 Å². The van der Waals surface area contributed by atoms with Crippen LogP contribution in [0.15, 0.2) is 48.8 Å². The van der Waals surface area contributed by atoms with Gasteiger partial charge in [0.2, 0.25) is 0 Å². The van der Waals surface area contributed by atoms with Crippen molar-refractivity contribution in [2.24, 2.45) is 0 Å². The van der Waals surface area contributed by atoms with Crippen LogP contribution in [0.2, 0.25) is 0 Å². The summed E-state index contributed by atoms with van der Waals surface area (Å²) in [6.07, 6.45) is 3.36. The molecule has 0 radical (unpaired) electrons. The molecule has 23 heavy (non-hydrogen) atoms. The molecular formula is C17H15N5O. The second-order valence-corrected chi connectivity index (χ2v) is 5.02. The summed E-state index contributed by atoms with van der Waals surface area (Å²) in [7, 11) is 0. The molecule has 0 fully saturated rings. The molecule has 6 heteroatoms. The predicted octanol–water partition coefficient (Wildman–Crippen LogP) is 2.60. The van der Waals surface area contributed by atoms with Crippen molar-refractivity contribution < 1.29 is 4.74 Å². The Bertz CT molecular complexity index is 836. The van der Waals surface area contributed by atoms with Crippen molar-refractivity contribution in [3.8, 4) is 23.1 Å². The van der Waals surface area contributed by atoms with E-state index in [1.165, 1.54) is 0 Å². The lowest BCUT2D eigenvalue weighted by molar-refractivity contribution is 0.290. The SMILES string of the molecule is Cc1cccc(OCCn2nnc(C#N)c2-c2ccncc2)c1. The maximum atomic E-state index is 9.21. The highest BCUT2D eigenvalue weighted by molar-refractivity contribution is 5.64. The number of rotatable bonds is 5. The van der Waals surface area contributed by atoms with Gasteiger partial charge in [-0.25, -0.2) is 4.68 Å². The Morgan fingerprint density at radius 2 is 2.04 bits per heavy atom. The molecule has 0 aliphatic heterocycles. The number of hydrogen-bond donors (Lipinski definition) is 0. The van der Waals surface area contributed by atoms with Crippen LogP contribution in [0.4, 0.5) is 0 Å². The van der Waals surface area contributed by atoms with Crippen molar-refractivity contribution in [1.29, 1.82) is 5.26 Å². The minimum atomic E-state index is 0.298. The van der Waals surface area contributed by atoms with Crippen molar-refractivity contribution in [3.05, 3.63) is 60.0 Å². The maximum absolute atomic E-state index is 9.21. The van der Waals surface area contributed by atoms with E-state index in [-0.39, 0.29) is 0 Å². The third-order valence-electron chi connectivity index (χ3n) is 3.36. The summed E-state index contributed by atoms with van der Waals surface area (Å²) in [6.45, 7) is 2.96. The molecule has 0 amide bonds. The quantitative estimate of drug-likeness (QED) is 0.724. The molecule has 0 atom stereocenters. The molecule has 6 nitrogen and oxygen atoms in total. The lowest BCUT2D eigenvalue weighted by Gasteiger charge is -2.09. The molecule has 0 aliphatic rings. The topological polar surface area (TPSA) is 76.6 Å². The molecule has 114 valence electrons. The predicted molar refractivity (Wildman–Crippen MR) is 84.6 cm³/mol. The van der Waals surface area contributed by atoms with Crippen molar-refractivity contribution in [2.45, 2.75) is 13.5 Å². The number of nitriles is 1. The highest BCUT2D eigenvalue weighted by Crippen LogP contribution is 2.21. The third kappa shape index (κ3) is 3.35. The van der Waals surface area contributed by atoms with Gasteiger partial charge in [0, 0.05) is 18.0 Å². The minimum absolute atomic E-state index is 0.298. The molecule has 0 saturated carbocycles. The zero-order valence-electron chi connectivity index (χ0n) is 12.7. The van der Waals surface area contributed by atoms with E-state index in [1.807, 2.05) is 43.3 Å². The number of benzene rings is 1. The summed E-state index contributed by atoms with van der Waals surface area (Å²) in [4.78, 5) is 3.99. The van der Waals surface area contributed by atoms with Gasteiger partial charge in [-0.2, -0.15) is 5.26 Å². The lowest BCUT2D eigenvalue weighted by Crippen LogP contribution is -2.11. The van der Waals surface area contributed by atoms with Gasteiger partial charge >= 0.3 is 0 Å². The Morgan fingerprint density at radius 3 is 2.78 bits per heavy atom. The fraction of sp³-hybridized carbons (Fsp3) is 0.176. The van der Waals surface area contributed by atoms with Crippen LogP contribution in [0.5, 0.6) is 5.75 Å². The Kier molecular flexibility index (Phi) is 4.29. The van der Waals surface area contributed by atoms with Crippen molar-refractivity contribution in [1.82, 2.24) is 20.0 Å². The number of nitrogens with zero attached hydrogens (tertiary/aromatic N) is 5. The number of pyridine rings is 1. The van der Waals surface area contributed by atoms with Crippen LogP contribution >= 0.6 is 0 Å². The second-order valence-electron chi connectivity index (χ2n) is 5.02. The van der Waals surface area contributed by atoms with E-state index >= 15 is 0 Å². The van der Waals surface area contributed by atoms with Crippen LogP contribution in [-0.2, 0) is 6.54 Å².